The third-order valence-electron chi connectivity index (χ3n) is 4.21. The summed E-state index contributed by atoms with van der Waals surface area (Å²) in [5.41, 5.74) is 1.46. The summed E-state index contributed by atoms with van der Waals surface area (Å²) in [7, 11) is 0. The molecule has 0 spiro atoms. The van der Waals surface area contributed by atoms with Crippen LogP contribution in [0.1, 0.15) is 38.3 Å². The topological polar surface area (TPSA) is 24.5 Å². The van der Waals surface area contributed by atoms with Gasteiger partial charge in [0, 0.05) is 32.2 Å². The summed E-state index contributed by atoms with van der Waals surface area (Å²) in [4.78, 5) is 2.66. The molecule has 1 aliphatic heterocycles. The van der Waals surface area contributed by atoms with Gasteiger partial charge >= 0.3 is 0 Å². The predicted octanol–water partition coefficient (Wildman–Crippen LogP) is 3.67. The monoisotopic (exact) mass is 346 g/mol. The number of nitrogens with one attached hydrogen (secondary N) is 1. The lowest BCUT2D eigenvalue weighted by Gasteiger charge is -2.35. The highest BCUT2D eigenvalue weighted by molar-refractivity contribution is 5.85. The van der Waals surface area contributed by atoms with Crippen LogP contribution < -0.4 is 10.1 Å². The number of benzene rings is 1. The van der Waals surface area contributed by atoms with Crippen molar-refractivity contribution >= 4 is 24.8 Å². The van der Waals surface area contributed by atoms with Crippen LogP contribution in [0.5, 0.6) is 5.75 Å². The molecule has 0 bridgehead atoms. The molecule has 126 valence electrons. The van der Waals surface area contributed by atoms with Crippen molar-refractivity contribution in [3.05, 3.63) is 29.8 Å². The Morgan fingerprint density at radius 3 is 2.14 bits per heavy atom. The van der Waals surface area contributed by atoms with Gasteiger partial charge in [-0.3, -0.25) is 4.90 Å². The molecule has 3 rings (SSSR count). The number of halogens is 2. The molecule has 1 aromatic carbocycles. The molecule has 22 heavy (non-hydrogen) atoms. The van der Waals surface area contributed by atoms with Crippen molar-refractivity contribution < 1.29 is 4.74 Å². The number of nitrogens with zero attached hydrogens (tertiary/aromatic N) is 1. The SMILES string of the molecule is CC(C)Oc1ccc([C@H](C2CC2)N2CCNCC2)cc1.Cl.Cl. The first-order chi connectivity index (χ1) is 9.74. The fourth-order valence-electron chi connectivity index (χ4n) is 3.17. The number of hydrogen-bond donors (Lipinski definition) is 1. The Kier molecular flexibility index (Phi) is 7.98. The van der Waals surface area contributed by atoms with Crippen molar-refractivity contribution in [2.45, 2.75) is 38.8 Å². The lowest BCUT2D eigenvalue weighted by molar-refractivity contribution is 0.156. The van der Waals surface area contributed by atoms with Crippen LogP contribution in [0.4, 0.5) is 0 Å². The highest BCUT2D eigenvalue weighted by Crippen LogP contribution is 2.44. The van der Waals surface area contributed by atoms with Gasteiger partial charge in [0.15, 0.2) is 0 Å². The van der Waals surface area contributed by atoms with Gasteiger partial charge in [-0.25, -0.2) is 0 Å². The van der Waals surface area contributed by atoms with Crippen LogP contribution in [-0.2, 0) is 0 Å². The first-order valence-electron chi connectivity index (χ1n) is 7.95. The molecule has 1 N–H and O–H groups in total. The van der Waals surface area contributed by atoms with Crippen molar-refractivity contribution in [2.75, 3.05) is 26.2 Å². The third-order valence-corrected chi connectivity index (χ3v) is 4.21. The Morgan fingerprint density at radius 2 is 1.64 bits per heavy atom. The summed E-state index contributed by atoms with van der Waals surface area (Å²) in [6.07, 6.45) is 3.02. The average molecular weight is 347 g/mol. The molecule has 0 unspecified atom stereocenters. The summed E-state index contributed by atoms with van der Waals surface area (Å²) in [6.45, 7) is 8.73. The van der Waals surface area contributed by atoms with Crippen molar-refractivity contribution in [1.82, 2.24) is 10.2 Å². The minimum Gasteiger partial charge on any atom is -0.491 e. The van der Waals surface area contributed by atoms with Crippen molar-refractivity contribution in [3.63, 3.8) is 0 Å². The minimum atomic E-state index is 0. The van der Waals surface area contributed by atoms with E-state index in [1.807, 2.05) is 0 Å². The molecular formula is C17H28Cl2N2O. The zero-order chi connectivity index (χ0) is 13.9. The summed E-state index contributed by atoms with van der Waals surface area (Å²) >= 11 is 0. The summed E-state index contributed by atoms with van der Waals surface area (Å²) < 4.78 is 5.75. The van der Waals surface area contributed by atoms with Crippen molar-refractivity contribution in [2.24, 2.45) is 5.92 Å². The Balaban J connectivity index is 0.00000121. The van der Waals surface area contributed by atoms with E-state index in [4.69, 9.17) is 4.74 Å². The maximum atomic E-state index is 5.75. The maximum absolute atomic E-state index is 5.75. The summed E-state index contributed by atoms with van der Waals surface area (Å²) in [5.74, 6) is 1.85. The molecule has 0 aromatic heterocycles. The minimum absolute atomic E-state index is 0. The van der Waals surface area contributed by atoms with Crippen LogP contribution in [0.15, 0.2) is 24.3 Å². The Hall–Kier alpha value is -0.480. The predicted molar refractivity (Wildman–Crippen MR) is 96.6 cm³/mol. The van der Waals surface area contributed by atoms with E-state index in [-0.39, 0.29) is 30.9 Å². The molecule has 1 aromatic rings. The molecule has 0 radical (unpaired) electrons. The number of hydrogen-bond acceptors (Lipinski definition) is 3. The second-order valence-electron chi connectivity index (χ2n) is 6.30. The van der Waals surface area contributed by atoms with E-state index in [0.29, 0.717) is 6.04 Å². The van der Waals surface area contributed by atoms with E-state index in [9.17, 15) is 0 Å². The van der Waals surface area contributed by atoms with Gasteiger partial charge in [-0.1, -0.05) is 12.1 Å². The first-order valence-corrected chi connectivity index (χ1v) is 7.95. The molecule has 1 atom stereocenters. The largest absolute Gasteiger partial charge is 0.491 e. The van der Waals surface area contributed by atoms with Gasteiger partial charge in [-0.15, -0.1) is 24.8 Å². The molecule has 1 saturated heterocycles. The van der Waals surface area contributed by atoms with Crippen LogP contribution in [0.3, 0.4) is 0 Å². The molecule has 2 fully saturated rings. The fraction of sp³-hybridized carbons (Fsp3) is 0.647. The maximum Gasteiger partial charge on any atom is 0.119 e. The lowest BCUT2D eigenvalue weighted by atomic mass is 9.99. The molecule has 3 nitrogen and oxygen atoms in total. The van der Waals surface area contributed by atoms with Crippen molar-refractivity contribution in [1.29, 1.82) is 0 Å². The zero-order valence-electron chi connectivity index (χ0n) is 13.5. The van der Waals surface area contributed by atoms with Crippen molar-refractivity contribution in [3.8, 4) is 5.75 Å². The lowest BCUT2D eigenvalue weighted by Crippen LogP contribution is -2.45. The van der Waals surface area contributed by atoms with Gasteiger partial charge in [0.1, 0.15) is 5.75 Å². The van der Waals surface area contributed by atoms with Gasteiger partial charge in [0.2, 0.25) is 0 Å². The highest BCUT2D eigenvalue weighted by Gasteiger charge is 2.36. The smallest absolute Gasteiger partial charge is 0.119 e. The fourth-order valence-corrected chi connectivity index (χ4v) is 3.17. The third kappa shape index (κ3) is 5.02. The highest BCUT2D eigenvalue weighted by atomic mass is 35.5. The van der Waals surface area contributed by atoms with E-state index in [2.05, 4.69) is 48.3 Å². The van der Waals surface area contributed by atoms with Crippen LogP contribution in [-0.4, -0.2) is 37.2 Å². The zero-order valence-corrected chi connectivity index (χ0v) is 15.1. The second kappa shape index (κ2) is 8.97. The molecule has 5 heteroatoms. The Morgan fingerprint density at radius 1 is 1.05 bits per heavy atom. The van der Waals surface area contributed by atoms with Crippen LogP contribution in [0, 0.1) is 5.92 Å². The summed E-state index contributed by atoms with van der Waals surface area (Å²) in [6, 6.07) is 9.41. The molecule has 0 amide bonds. The first kappa shape index (κ1) is 19.6. The van der Waals surface area contributed by atoms with Gasteiger partial charge in [-0.2, -0.15) is 0 Å². The summed E-state index contributed by atoms with van der Waals surface area (Å²) in [5, 5.41) is 3.45. The van der Waals surface area contributed by atoms with E-state index < -0.39 is 0 Å². The molecular weight excluding hydrogens is 319 g/mol. The number of piperazine rings is 1. The van der Waals surface area contributed by atoms with Gasteiger partial charge in [0.05, 0.1) is 6.10 Å². The average Bonchev–Trinajstić information content (AvgIpc) is 3.26. The van der Waals surface area contributed by atoms with Gasteiger partial charge in [-0.05, 0) is 50.3 Å². The standard InChI is InChI=1S/C17H26N2O.2ClH/c1-13(2)20-16-7-5-15(6-8-16)17(14-3-4-14)19-11-9-18-10-12-19;;/h5-8,13-14,17-18H,3-4,9-12H2,1-2H3;2*1H/t17-;;/m0../s1. The van der Waals surface area contributed by atoms with Gasteiger partial charge in [0.25, 0.3) is 0 Å². The van der Waals surface area contributed by atoms with E-state index in [0.717, 1.165) is 24.8 Å². The van der Waals surface area contributed by atoms with E-state index in [1.54, 1.807) is 0 Å². The molecule has 2 aliphatic rings. The second-order valence-corrected chi connectivity index (χ2v) is 6.30. The van der Waals surface area contributed by atoms with Gasteiger partial charge < -0.3 is 10.1 Å². The van der Waals surface area contributed by atoms with E-state index in [1.165, 1.54) is 31.5 Å². The molecule has 1 aliphatic carbocycles. The number of rotatable bonds is 5. The Bertz CT molecular complexity index is 429. The Labute approximate surface area is 146 Å². The van der Waals surface area contributed by atoms with Crippen LogP contribution in [0.25, 0.3) is 0 Å². The molecule has 1 saturated carbocycles. The normalized spacial score (nSPS) is 20.0. The number of ether oxygens (including phenoxy) is 1. The van der Waals surface area contributed by atoms with Crippen LogP contribution >= 0.6 is 24.8 Å². The quantitative estimate of drug-likeness (QED) is 0.880. The molecule has 1 heterocycles. The van der Waals surface area contributed by atoms with E-state index >= 15 is 0 Å². The van der Waals surface area contributed by atoms with Crippen LogP contribution in [0.2, 0.25) is 0 Å².